The summed E-state index contributed by atoms with van der Waals surface area (Å²) in [7, 11) is 0. The van der Waals surface area contributed by atoms with Gasteiger partial charge in [-0.25, -0.2) is 0 Å². The lowest BCUT2D eigenvalue weighted by Crippen LogP contribution is -2.15. The van der Waals surface area contributed by atoms with Gasteiger partial charge in [-0.15, -0.1) is 0 Å². The van der Waals surface area contributed by atoms with Gasteiger partial charge in [-0.1, -0.05) is 6.92 Å². The largest absolute Gasteiger partial charge is 0.310 e. The molecule has 0 unspecified atom stereocenters. The maximum atomic E-state index is 3.21. The van der Waals surface area contributed by atoms with E-state index in [0.29, 0.717) is 0 Å². The minimum absolute atomic E-state index is 1.11. The zero-order valence-corrected chi connectivity index (χ0v) is 5.41. The van der Waals surface area contributed by atoms with Crippen molar-refractivity contribution in [2.45, 2.75) is 27.2 Å². The van der Waals surface area contributed by atoms with Crippen LogP contribution < -0.4 is 5.32 Å². The minimum Gasteiger partial charge on any atom is -0.310 e. The molecular formula is C6H14N. The average Bonchev–Trinajstić information content (AvgIpc) is 1.61. The number of nitrogens with one attached hydrogen (secondary N) is 1. The molecule has 0 saturated carbocycles. The van der Waals surface area contributed by atoms with Gasteiger partial charge >= 0.3 is 0 Å². The van der Waals surface area contributed by atoms with Gasteiger partial charge in [0.05, 0.1) is 0 Å². The van der Waals surface area contributed by atoms with Crippen molar-refractivity contribution in [3.8, 4) is 0 Å². The zero-order chi connectivity index (χ0) is 5.70. The molecule has 0 bridgehead atoms. The summed E-state index contributed by atoms with van der Waals surface area (Å²) in [5.41, 5.74) is 0. The number of hydrogen-bond donors (Lipinski definition) is 1. The summed E-state index contributed by atoms with van der Waals surface area (Å²) in [6.45, 7) is 7.43. The second-order valence-corrected chi connectivity index (χ2v) is 1.93. The van der Waals surface area contributed by atoms with Crippen LogP contribution in [0.2, 0.25) is 0 Å². The maximum absolute atomic E-state index is 3.21. The maximum Gasteiger partial charge on any atom is 0.0301 e. The number of rotatable bonds is 3. The highest BCUT2D eigenvalue weighted by molar-refractivity contribution is 4.71. The van der Waals surface area contributed by atoms with Crippen LogP contribution in [0.4, 0.5) is 0 Å². The second kappa shape index (κ2) is 4.13. The van der Waals surface area contributed by atoms with E-state index in [1.54, 1.807) is 0 Å². The van der Waals surface area contributed by atoms with E-state index in [4.69, 9.17) is 0 Å². The first-order valence-electron chi connectivity index (χ1n) is 2.81. The molecule has 0 aliphatic heterocycles. The summed E-state index contributed by atoms with van der Waals surface area (Å²) in [5, 5.41) is 3.21. The first kappa shape index (κ1) is 6.96. The third-order valence-corrected chi connectivity index (χ3v) is 0.729. The fourth-order valence-electron chi connectivity index (χ4n) is 0.375. The van der Waals surface area contributed by atoms with Gasteiger partial charge in [0.25, 0.3) is 0 Å². The van der Waals surface area contributed by atoms with Crippen LogP contribution in [0.15, 0.2) is 0 Å². The van der Waals surface area contributed by atoms with Crippen LogP contribution in [0.1, 0.15) is 27.2 Å². The zero-order valence-electron chi connectivity index (χ0n) is 5.41. The summed E-state index contributed by atoms with van der Waals surface area (Å²) in [6.07, 6.45) is 1.21. The molecule has 0 fully saturated rings. The fraction of sp³-hybridized carbons (Fsp3) is 0.833. The monoisotopic (exact) mass is 100 g/mol. The Hall–Kier alpha value is -0.0400. The van der Waals surface area contributed by atoms with E-state index in [0.717, 1.165) is 6.54 Å². The Labute approximate surface area is 46.1 Å². The number of hydrogen-bond acceptors (Lipinski definition) is 1. The molecule has 1 radical (unpaired) electrons. The summed E-state index contributed by atoms with van der Waals surface area (Å²) < 4.78 is 0. The Kier molecular flexibility index (Phi) is 4.10. The molecule has 0 spiro atoms. The highest BCUT2D eigenvalue weighted by atomic mass is 14.9. The van der Waals surface area contributed by atoms with E-state index < -0.39 is 0 Å². The summed E-state index contributed by atoms with van der Waals surface area (Å²) >= 11 is 0. The van der Waals surface area contributed by atoms with E-state index in [1.165, 1.54) is 12.5 Å². The molecule has 0 aliphatic rings. The smallest absolute Gasteiger partial charge is 0.0301 e. The molecule has 7 heavy (non-hydrogen) atoms. The Morgan fingerprint density at radius 2 is 2.00 bits per heavy atom. The van der Waals surface area contributed by atoms with Crippen molar-refractivity contribution >= 4 is 0 Å². The highest BCUT2D eigenvalue weighted by Gasteiger charge is 1.86. The predicted molar refractivity (Wildman–Crippen MR) is 32.9 cm³/mol. The van der Waals surface area contributed by atoms with Gasteiger partial charge in [-0.2, -0.15) is 0 Å². The second-order valence-electron chi connectivity index (χ2n) is 1.93. The highest BCUT2D eigenvalue weighted by Crippen LogP contribution is 1.85. The van der Waals surface area contributed by atoms with Gasteiger partial charge in [-0.05, 0) is 26.8 Å². The average molecular weight is 100 g/mol. The van der Waals surface area contributed by atoms with Gasteiger partial charge in [-0.3, -0.25) is 0 Å². The van der Waals surface area contributed by atoms with E-state index in [2.05, 4.69) is 26.1 Å². The predicted octanol–water partition coefficient (Wildman–Crippen LogP) is 1.56. The molecule has 0 aromatic carbocycles. The van der Waals surface area contributed by atoms with Crippen molar-refractivity contribution in [2.75, 3.05) is 6.54 Å². The molecule has 1 nitrogen and oxygen atoms in total. The topological polar surface area (TPSA) is 12.0 Å². The van der Waals surface area contributed by atoms with Crippen molar-refractivity contribution in [3.63, 3.8) is 0 Å². The lowest BCUT2D eigenvalue weighted by Gasteiger charge is -2.02. The lowest BCUT2D eigenvalue weighted by atomic mass is 10.4. The van der Waals surface area contributed by atoms with Gasteiger partial charge < -0.3 is 5.32 Å². The first-order valence-corrected chi connectivity index (χ1v) is 2.81. The quantitative estimate of drug-likeness (QED) is 0.567. The molecule has 0 aromatic heterocycles. The van der Waals surface area contributed by atoms with E-state index >= 15 is 0 Å². The van der Waals surface area contributed by atoms with Crippen molar-refractivity contribution in [3.05, 3.63) is 6.04 Å². The Balaban J connectivity index is 2.68. The van der Waals surface area contributed by atoms with Crippen molar-refractivity contribution < 1.29 is 0 Å². The Morgan fingerprint density at radius 1 is 1.43 bits per heavy atom. The lowest BCUT2D eigenvalue weighted by molar-refractivity contribution is 0.693. The molecule has 0 aliphatic carbocycles. The van der Waals surface area contributed by atoms with Gasteiger partial charge in [0.15, 0.2) is 0 Å². The van der Waals surface area contributed by atoms with Crippen molar-refractivity contribution in [1.29, 1.82) is 0 Å². The summed E-state index contributed by atoms with van der Waals surface area (Å²) in [5.74, 6) is 0. The standard InChI is InChI=1S/C6H14N/c1-4-5-7-6(2)3/h7H,4-5H2,1-3H3. The molecule has 1 heteroatoms. The Morgan fingerprint density at radius 3 is 2.14 bits per heavy atom. The molecule has 0 rings (SSSR count). The van der Waals surface area contributed by atoms with Crippen LogP contribution in [0.25, 0.3) is 0 Å². The molecule has 0 heterocycles. The van der Waals surface area contributed by atoms with Crippen LogP contribution in [-0.4, -0.2) is 6.54 Å². The molecule has 0 atom stereocenters. The van der Waals surface area contributed by atoms with E-state index in [-0.39, 0.29) is 0 Å². The van der Waals surface area contributed by atoms with Gasteiger partial charge in [0.1, 0.15) is 0 Å². The minimum atomic E-state index is 1.11. The molecule has 43 valence electrons. The van der Waals surface area contributed by atoms with Gasteiger partial charge in [0, 0.05) is 6.04 Å². The van der Waals surface area contributed by atoms with E-state index in [1.807, 2.05) is 0 Å². The van der Waals surface area contributed by atoms with Gasteiger partial charge in [0.2, 0.25) is 0 Å². The van der Waals surface area contributed by atoms with Crippen molar-refractivity contribution in [2.24, 2.45) is 0 Å². The fourth-order valence-corrected chi connectivity index (χ4v) is 0.375. The van der Waals surface area contributed by atoms with Crippen LogP contribution in [0, 0.1) is 6.04 Å². The third-order valence-electron chi connectivity index (χ3n) is 0.729. The molecule has 1 N–H and O–H groups in total. The first-order chi connectivity index (χ1) is 3.27. The van der Waals surface area contributed by atoms with Crippen LogP contribution in [-0.2, 0) is 0 Å². The molecule has 0 aromatic rings. The molecule has 0 amide bonds. The summed E-state index contributed by atoms with van der Waals surface area (Å²) in [6, 6.07) is 1.31. The molecular weight excluding hydrogens is 86.1 g/mol. The van der Waals surface area contributed by atoms with Crippen LogP contribution in [0.3, 0.4) is 0 Å². The SMILES string of the molecule is CCCN[C](C)C. The van der Waals surface area contributed by atoms with Crippen LogP contribution in [0.5, 0.6) is 0 Å². The normalized spacial score (nSPS) is 10.3. The third kappa shape index (κ3) is 5.96. The molecule has 0 saturated heterocycles. The van der Waals surface area contributed by atoms with Crippen molar-refractivity contribution in [1.82, 2.24) is 5.32 Å². The summed E-state index contributed by atoms with van der Waals surface area (Å²) in [4.78, 5) is 0. The van der Waals surface area contributed by atoms with Crippen LogP contribution >= 0.6 is 0 Å². The Bertz CT molecular complexity index is 33.2. The van der Waals surface area contributed by atoms with E-state index in [9.17, 15) is 0 Å².